The number of halogens is 1. The van der Waals surface area contributed by atoms with Gasteiger partial charge in [-0.05, 0) is 0 Å². The van der Waals surface area contributed by atoms with Crippen LogP contribution in [0.4, 0.5) is 21.5 Å². The molecule has 0 unspecified atom stereocenters. The number of benzene rings is 1. The van der Waals surface area contributed by atoms with Crippen LogP contribution in [-0.2, 0) is 0 Å². The Labute approximate surface area is 82.3 Å². The zero-order chi connectivity index (χ0) is 11.7. The molecule has 15 heavy (non-hydrogen) atoms. The van der Waals surface area contributed by atoms with Gasteiger partial charge in [0.1, 0.15) is 5.69 Å². The van der Waals surface area contributed by atoms with Crippen LogP contribution in [0.5, 0.6) is 0 Å². The number of nitrogens with two attached hydrogens (primary N) is 2. The van der Waals surface area contributed by atoms with Gasteiger partial charge in [-0.2, -0.15) is 0 Å². The smallest absolute Gasteiger partial charge is 0.338 e. The number of carbonyl (C=O) groups is 1. The molecule has 1 aromatic carbocycles. The van der Waals surface area contributed by atoms with E-state index in [0.717, 1.165) is 0 Å². The Morgan fingerprint density at radius 1 is 1.47 bits per heavy atom. The van der Waals surface area contributed by atoms with Gasteiger partial charge in [-0.25, -0.2) is 9.18 Å². The molecule has 0 aromatic heterocycles. The summed E-state index contributed by atoms with van der Waals surface area (Å²) in [6.45, 7) is 0. The van der Waals surface area contributed by atoms with Crippen LogP contribution in [-0.4, -0.2) is 16.0 Å². The van der Waals surface area contributed by atoms with Crippen LogP contribution in [0.3, 0.4) is 0 Å². The molecule has 7 nitrogen and oxygen atoms in total. The number of hydrogen-bond donors (Lipinski definition) is 3. The number of carboxylic acids is 1. The van der Waals surface area contributed by atoms with Crippen molar-refractivity contribution in [2.75, 3.05) is 11.5 Å². The standard InChI is InChI=1S/C7H6FN3O4/c8-4-5(9)2(7(12)13)1-3(6(4)10)11(14)15/h1H,9-10H2,(H,12,13). The Morgan fingerprint density at radius 3 is 2.40 bits per heavy atom. The van der Waals surface area contributed by atoms with Crippen molar-refractivity contribution in [2.45, 2.75) is 0 Å². The molecular formula is C7H6FN3O4. The van der Waals surface area contributed by atoms with E-state index in [1.807, 2.05) is 0 Å². The van der Waals surface area contributed by atoms with E-state index >= 15 is 0 Å². The predicted molar refractivity (Wildman–Crippen MR) is 48.8 cm³/mol. The summed E-state index contributed by atoms with van der Waals surface area (Å²) in [5, 5.41) is 19.0. The maximum atomic E-state index is 13.2. The molecule has 0 fully saturated rings. The molecule has 1 rings (SSSR count). The molecule has 80 valence electrons. The SMILES string of the molecule is Nc1c(C(=O)O)cc([N+](=O)[O-])c(N)c1F. The van der Waals surface area contributed by atoms with E-state index in [4.69, 9.17) is 16.6 Å². The minimum absolute atomic E-state index is 0.621. The summed E-state index contributed by atoms with van der Waals surface area (Å²) in [6.07, 6.45) is 0. The van der Waals surface area contributed by atoms with E-state index in [2.05, 4.69) is 0 Å². The second-order valence-corrected chi connectivity index (χ2v) is 2.65. The van der Waals surface area contributed by atoms with Gasteiger partial charge in [-0.3, -0.25) is 10.1 Å². The second-order valence-electron chi connectivity index (χ2n) is 2.65. The Hall–Kier alpha value is -2.38. The van der Waals surface area contributed by atoms with Crippen LogP contribution >= 0.6 is 0 Å². The molecule has 0 saturated heterocycles. The van der Waals surface area contributed by atoms with Crippen molar-refractivity contribution in [1.82, 2.24) is 0 Å². The highest BCUT2D eigenvalue weighted by atomic mass is 19.1. The number of rotatable bonds is 2. The lowest BCUT2D eigenvalue weighted by molar-refractivity contribution is -0.384. The van der Waals surface area contributed by atoms with Gasteiger partial charge in [0.2, 0.25) is 0 Å². The van der Waals surface area contributed by atoms with Crippen molar-refractivity contribution in [3.05, 3.63) is 27.6 Å². The summed E-state index contributed by atoms with van der Waals surface area (Å²) in [7, 11) is 0. The average molecular weight is 215 g/mol. The van der Waals surface area contributed by atoms with Gasteiger partial charge in [-0.15, -0.1) is 0 Å². The minimum Gasteiger partial charge on any atom is -0.478 e. The third kappa shape index (κ3) is 1.64. The molecule has 0 radical (unpaired) electrons. The Bertz CT molecular complexity index is 422. The third-order valence-electron chi connectivity index (χ3n) is 1.75. The van der Waals surface area contributed by atoms with Crippen LogP contribution in [0.1, 0.15) is 10.4 Å². The van der Waals surface area contributed by atoms with Crippen LogP contribution < -0.4 is 11.5 Å². The summed E-state index contributed by atoms with van der Waals surface area (Å²) in [6, 6.07) is 0.621. The first-order chi connectivity index (χ1) is 6.86. The first kappa shape index (κ1) is 10.7. The molecule has 0 aliphatic carbocycles. The molecule has 0 saturated carbocycles. The molecule has 0 amide bonds. The quantitative estimate of drug-likeness (QED) is 0.375. The molecule has 0 bridgehead atoms. The average Bonchev–Trinajstić information content (AvgIpc) is 2.13. The predicted octanol–water partition coefficient (Wildman–Crippen LogP) is 0.597. The molecule has 0 atom stereocenters. The summed E-state index contributed by atoms with van der Waals surface area (Å²) in [5.41, 5.74) is 7.16. The van der Waals surface area contributed by atoms with Gasteiger partial charge >= 0.3 is 5.97 Å². The van der Waals surface area contributed by atoms with Crippen molar-refractivity contribution in [3.8, 4) is 0 Å². The fourth-order valence-electron chi connectivity index (χ4n) is 0.996. The molecule has 0 aliphatic rings. The van der Waals surface area contributed by atoms with E-state index in [-0.39, 0.29) is 0 Å². The monoisotopic (exact) mass is 215 g/mol. The normalized spacial score (nSPS) is 9.93. The maximum Gasteiger partial charge on any atom is 0.338 e. The van der Waals surface area contributed by atoms with E-state index in [1.54, 1.807) is 0 Å². The highest BCUT2D eigenvalue weighted by Gasteiger charge is 2.24. The maximum absolute atomic E-state index is 13.2. The van der Waals surface area contributed by atoms with Crippen LogP contribution in [0.15, 0.2) is 6.07 Å². The summed E-state index contributed by atoms with van der Waals surface area (Å²) in [4.78, 5) is 20.0. The van der Waals surface area contributed by atoms with Gasteiger partial charge in [0, 0.05) is 6.07 Å². The lowest BCUT2D eigenvalue weighted by Gasteiger charge is -2.05. The molecule has 5 N–H and O–H groups in total. The number of hydrogen-bond acceptors (Lipinski definition) is 5. The molecule has 0 spiro atoms. The van der Waals surface area contributed by atoms with Gasteiger partial charge in [0.25, 0.3) is 5.69 Å². The van der Waals surface area contributed by atoms with Crippen molar-refractivity contribution < 1.29 is 19.2 Å². The second kappa shape index (κ2) is 3.40. The van der Waals surface area contributed by atoms with Gasteiger partial charge in [0.05, 0.1) is 16.2 Å². The molecule has 0 heterocycles. The lowest BCUT2D eigenvalue weighted by atomic mass is 10.1. The van der Waals surface area contributed by atoms with Crippen molar-refractivity contribution >= 4 is 23.0 Å². The Kier molecular flexibility index (Phi) is 2.43. The van der Waals surface area contributed by atoms with Crippen molar-refractivity contribution in [3.63, 3.8) is 0 Å². The number of carboxylic acid groups (broad SMARTS) is 1. The molecule has 8 heteroatoms. The third-order valence-corrected chi connectivity index (χ3v) is 1.75. The number of aromatic carboxylic acids is 1. The van der Waals surface area contributed by atoms with Crippen LogP contribution in [0.25, 0.3) is 0 Å². The molecular weight excluding hydrogens is 209 g/mol. The Morgan fingerprint density at radius 2 is 2.00 bits per heavy atom. The fourth-order valence-corrected chi connectivity index (χ4v) is 0.996. The van der Waals surface area contributed by atoms with Gasteiger partial charge < -0.3 is 16.6 Å². The zero-order valence-electron chi connectivity index (χ0n) is 7.23. The van der Waals surface area contributed by atoms with E-state index in [9.17, 15) is 19.3 Å². The summed E-state index contributed by atoms with van der Waals surface area (Å²) >= 11 is 0. The van der Waals surface area contributed by atoms with E-state index < -0.39 is 39.3 Å². The van der Waals surface area contributed by atoms with Crippen LogP contribution in [0.2, 0.25) is 0 Å². The molecule has 1 aromatic rings. The number of anilines is 2. The van der Waals surface area contributed by atoms with E-state index in [0.29, 0.717) is 6.07 Å². The Balaban J connectivity index is 3.59. The zero-order valence-corrected chi connectivity index (χ0v) is 7.23. The number of nitrogens with zero attached hydrogens (tertiary/aromatic N) is 1. The minimum atomic E-state index is -1.56. The lowest BCUT2D eigenvalue weighted by Crippen LogP contribution is -2.09. The molecule has 0 aliphatic heterocycles. The number of nitrogen functional groups attached to an aromatic ring is 2. The number of nitro benzene ring substituents is 1. The summed E-state index contributed by atoms with van der Waals surface area (Å²) in [5.74, 6) is -2.85. The largest absolute Gasteiger partial charge is 0.478 e. The highest BCUT2D eigenvalue weighted by Crippen LogP contribution is 2.31. The van der Waals surface area contributed by atoms with Crippen molar-refractivity contribution in [1.29, 1.82) is 0 Å². The van der Waals surface area contributed by atoms with E-state index in [1.165, 1.54) is 0 Å². The topological polar surface area (TPSA) is 132 Å². The van der Waals surface area contributed by atoms with Crippen molar-refractivity contribution in [2.24, 2.45) is 0 Å². The van der Waals surface area contributed by atoms with Gasteiger partial charge in [0.15, 0.2) is 5.82 Å². The first-order valence-electron chi connectivity index (χ1n) is 3.61. The number of nitro groups is 1. The fraction of sp³-hybridized carbons (Fsp3) is 0. The van der Waals surface area contributed by atoms with Gasteiger partial charge in [-0.1, -0.05) is 0 Å². The summed E-state index contributed by atoms with van der Waals surface area (Å²) < 4.78 is 13.2. The highest BCUT2D eigenvalue weighted by molar-refractivity contribution is 5.96. The first-order valence-corrected chi connectivity index (χ1v) is 3.61. The van der Waals surface area contributed by atoms with Crippen LogP contribution in [0, 0.1) is 15.9 Å².